The van der Waals surface area contributed by atoms with Gasteiger partial charge in [-0.25, -0.2) is 9.78 Å². The zero-order valence-corrected chi connectivity index (χ0v) is 17.9. The molecule has 146 valence electrons. The zero-order chi connectivity index (χ0) is 20.3. The van der Waals surface area contributed by atoms with Crippen molar-refractivity contribution in [2.75, 3.05) is 7.11 Å². The molecule has 0 spiro atoms. The third-order valence-corrected chi connectivity index (χ3v) is 5.45. The van der Waals surface area contributed by atoms with Crippen LogP contribution in [0.2, 0.25) is 5.02 Å². The van der Waals surface area contributed by atoms with Gasteiger partial charge in [-0.2, -0.15) is 0 Å². The van der Waals surface area contributed by atoms with Gasteiger partial charge in [0, 0.05) is 35.0 Å². The third kappa shape index (κ3) is 4.41. The van der Waals surface area contributed by atoms with Crippen molar-refractivity contribution in [2.45, 2.75) is 19.4 Å². The summed E-state index contributed by atoms with van der Waals surface area (Å²) in [6, 6.07) is 9.22. The molecule has 3 aromatic rings. The lowest BCUT2D eigenvalue weighted by Gasteiger charge is -2.14. The first kappa shape index (κ1) is 20.5. The number of phenols is 2. The van der Waals surface area contributed by atoms with Crippen molar-refractivity contribution in [1.29, 1.82) is 0 Å². The maximum atomic E-state index is 12.1. The standard InChI is InChI=1S/C20H18ClIN2O4/c1-28-20(27)18-14(19(21)16(26)10-15(18)25)5-6-17-23-7-8-24(17)11-12-3-2-4-13(22)9-12/h2-4,7-10,25-26H,5-6,11H2,1H3. The van der Waals surface area contributed by atoms with E-state index in [0.29, 0.717) is 24.9 Å². The second kappa shape index (κ2) is 8.83. The molecular weight excluding hydrogens is 495 g/mol. The first-order valence-electron chi connectivity index (χ1n) is 8.46. The number of imidazole rings is 1. The molecule has 1 heterocycles. The molecule has 0 bridgehead atoms. The van der Waals surface area contributed by atoms with Gasteiger partial charge < -0.3 is 19.5 Å². The van der Waals surface area contributed by atoms with Crippen molar-refractivity contribution in [1.82, 2.24) is 9.55 Å². The van der Waals surface area contributed by atoms with E-state index in [1.54, 1.807) is 6.20 Å². The Balaban J connectivity index is 1.86. The highest BCUT2D eigenvalue weighted by molar-refractivity contribution is 14.1. The van der Waals surface area contributed by atoms with Crippen molar-refractivity contribution in [3.8, 4) is 11.5 Å². The smallest absolute Gasteiger partial charge is 0.341 e. The number of halogens is 2. The van der Waals surface area contributed by atoms with Gasteiger partial charge in [0.25, 0.3) is 0 Å². The van der Waals surface area contributed by atoms with Crippen molar-refractivity contribution in [3.63, 3.8) is 0 Å². The fraction of sp³-hybridized carbons (Fsp3) is 0.200. The number of methoxy groups -OCH3 is 1. The normalized spacial score (nSPS) is 10.8. The van der Waals surface area contributed by atoms with Gasteiger partial charge >= 0.3 is 5.97 Å². The highest BCUT2D eigenvalue weighted by atomic mass is 127. The van der Waals surface area contributed by atoms with Crippen LogP contribution in [0.4, 0.5) is 0 Å². The van der Waals surface area contributed by atoms with E-state index in [1.165, 1.54) is 7.11 Å². The number of esters is 1. The van der Waals surface area contributed by atoms with Crippen LogP contribution >= 0.6 is 34.2 Å². The number of carbonyl (C=O) groups excluding carboxylic acids is 1. The molecule has 3 rings (SSSR count). The van der Waals surface area contributed by atoms with E-state index in [-0.39, 0.29) is 22.1 Å². The molecule has 0 amide bonds. The van der Waals surface area contributed by atoms with E-state index in [0.717, 1.165) is 21.0 Å². The van der Waals surface area contributed by atoms with Crippen LogP contribution in [0.5, 0.6) is 11.5 Å². The van der Waals surface area contributed by atoms with Gasteiger partial charge in [0.05, 0.1) is 12.1 Å². The Morgan fingerprint density at radius 2 is 2.04 bits per heavy atom. The average Bonchev–Trinajstić information content (AvgIpc) is 3.09. The number of phenolic OH excluding ortho intramolecular Hbond substituents is 2. The molecule has 1 aromatic heterocycles. The lowest BCUT2D eigenvalue weighted by Crippen LogP contribution is -2.10. The second-order valence-corrected chi connectivity index (χ2v) is 7.80. The summed E-state index contributed by atoms with van der Waals surface area (Å²) in [5, 5.41) is 20.0. The van der Waals surface area contributed by atoms with Crippen LogP contribution in [0.1, 0.15) is 27.3 Å². The molecule has 0 atom stereocenters. The molecule has 0 saturated carbocycles. The third-order valence-electron chi connectivity index (χ3n) is 4.35. The lowest BCUT2D eigenvalue weighted by molar-refractivity contribution is 0.0596. The number of carbonyl (C=O) groups is 1. The Morgan fingerprint density at radius 3 is 2.75 bits per heavy atom. The van der Waals surface area contributed by atoms with Gasteiger partial charge in [-0.15, -0.1) is 0 Å². The Kier molecular flexibility index (Phi) is 6.46. The number of ether oxygens (including phenoxy) is 1. The van der Waals surface area contributed by atoms with E-state index in [2.05, 4.69) is 33.6 Å². The Hall–Kier alpha value is -2.26. The lowest BCUT2D eigenvalue weighted by atomic mass is 10.0. The van der Waals surface area contributed by atoms with Crippen molar-refractivity contribution >= 4 is 40.2 Å². The fourth-order valence-electron chi connectivity index (χ4n) is 3.03. The monoisotopic (exact) mass is 512 g/mol. The molecule has 28 heavy (non-hydrogen) atoms. The van der Waals surface area contributed by atoms with Crippen LogP contribution in [-0.4, -0.2) is 32.8 Å². The summed E-state index contributed by atoms with van der Waals surface area (Å²) in [5.74, 6) is -0.569. The predicted octanol–water partition coefficient (Wildman–Crippen LogP) is 4.17. The molecular formula is C20H18ClIN2O4. The molecule has 2 N–H and O–H groups in total. The number of hydrogen-bond donors (Lipinski definition) is 2. The Labute approximate surface area is 180 Å². The minimum absolute atomic E-state index is 0.0221. The molecule has 0 fully saturated rings. The van der Waals surface area contributed by atoms with E-state index in [4.69, 9.17) is 16.3 Å². The summed E-state index contributed by atoms with van der Waals surface area (Å²) in [4.78, 5) is 16.5. The molecule has 0 aliphatic rings. The van der Waals surface area contributed by atoms with Crippen LogP contribution in [0, 0.1) is 3.57 Å². The maximum Gasteiger partial charge on any atom is 0.341 e. The van der Waals surface area contributed by atoms with Crippen molar-refractivity contribution in [2.24, 2.45) is 0 Å². The number of aromatic hydroxyl groups is 2. The Morgan fingerprint density at radius 1 is 1.25 bits per heavy atom. The van der Waals surface area contributed by atoms with E-state index in [1.807, 2.05) is 29.0 Å². The van der Waals surface area contributed by atoms with Crippen LogP contribution in [0.3, 0.4) is 0 Å². The highest BCUT2D eigenvalue weighted by Crippen LogP contribution is 2.37. The molecule has 8 heteroatoms. The largest absolute Gasteiger partial charge is 0.507 e. The average molecular weight is 513 g/mol. The van der Waals surface area contributed by atoms with E-state index < -0.39 is 5.97 Å². The van der Waals surface area contributed by atoms with Gasteiger partial charge in [0.15, 0.2) is 0 Å². The number of aromatic nitrogens is 2. The second-order valence-electron chi connectivity index (χ2n) is 6.18. The Bertz CT molecular complexity index is 1020. The SMILES string of the molecule is COC(=O)c1c(O)cc(O)c(Cl)c1CCc1nccn1Cc1cccc(I)c1. The minimum atomic E-state index is -0.711. The summed E-state index contributed by atoms with van der Waals surface area (Å²) >= 11 is 8.47. The number of benzene rings is 2. The van der Waals surface area contributed by atoms with Crippen LogP contribution in [0.15, 0.2) is 42.7 Å². The van der Waals surface area contributed by atoms with Crippen LogP contribution in [0.25, 0.3) is 0 Å². The zero-order valence-electron chi connectivity index (χ0n) is 15.0. The predicted molar refractivity (Wildman–Crippen MR) is 114 cm³/mol. The quantitative estimate of drug-likeness (QED) is 0.383. The first-order chi connectivity index (χ1) is 13.4. The summed E-state index contributed by atoms with van der Waals surface area (Å²) in [5.41, 5.74) is 1.44. The molecule has 2 aromatic carbocycles. The van der Waals surface area contributed by atoms with E-state index in [9.17, 15) is 15.0 Å². The summed E-state index contributed by atoms with van der Waals surface area (Å²) in [6.07, 6.45) is 4.36. The number of aryl methyl sites for hydroxylation is 1. The molecule has 0 aliphatic heterocycles. The minimum Gasteiger partial charge on any atom is -0.507 e. The van der Waals surface area contributed by atoms with Gasteiger partial charge in [0.1, 0.15) is 22.9 Å². The van der Waals surface area contributed by atoms with Gasteiger partial charge in [-0.1, -0.05) is 23.7 Å². The molecule has 0 radical (unpaired) electrons. The molecule has 0 unspecified atom stereocenters. The van der Waals surface area contributed by atoms with Crippen LogP contribution < -0.4 is 0 Å². The molecule has 0 saturated heterocycles. The van der Waals surface area contributed by atoms with Crippen LogP contribution in [-0.2, 0) is 24.1 Å². The summed E-state index contributed by atoms with van der Waals surface area (Å²) in [7, 11) is 1.22. The maximum absolute atomic E-state index is 12.1. The van der Waals surface area contributed by atoms with Gasteiger partial charge in [-0.3, -0.25) is 0 Å². The molecule has 0 aliphatic carbocycles. The van der Waals surface area contributed by atoms with E-state index >= 15 is 0 Å². The van der Waals surface area contributed by atoms with Crippen molar-refractivity contribution < 1.29 is 19.7 Å². The van der Waals surface area contributed by atoms with Gasteiger partial charge in [0.2, 0.25) is 0 Å². The summed E-state index contributed by atoms with van der Waals surface area (Å²) < 4.78 is 7.91. The topological polar surface area (TPSA) is 84.6 Å². The summed E-state index contributed by atoms with van der Waals surface area (Å²) in [6.45, 7) is 0.662. The first-order valence-corrected chi connectivity index (χ1v) is 9.92. The number of rotatable bonds is 6. The van der Waals surface area contributed by atoms with Crippen molar-refractivity contribution in [3.05, 3.63) is 73.8 Å². The van der Waals surface area contributed by atoms with Gasteiger partial charge in [-0.05, 0) is 52.3 Å². The number of hydrogen-bond acceptors (Lipinski definition) is 5. The fourth-order valence-corrected chi connectivity index (χ4v) is 3.88. The highest BCUT2D eigenvalue weighted by Gasteiger charge is 2.23. The molecule has 6 nitrogen and oxygen atoms in total. The number of nitrogens with zero attached hydrogens (tertiary/aromatic N) is 2.